The van der Waals surface area contributed by atoms with Crippen LogP contribution in [-0.4, -0.2) is 49.7 Å². The van der Waals surface area contributed by atoms with Gasteiger partial charge in [-0.3, -0.25) is 9.69 Å². The van der Waals surface area contributed by atoms with E-state index in [2.05, 4.69) is 27.7 Å². The number of piperidine rings is 1. The van der Waals surface area contributed by atoms with Gasteiger partial charge < -0.3 is 10.1 Å². The van der Waals surface area contributed by atoms with E-state index in [-0.39, 0.29) is 11.9 Å². The molecule has 0 spiro atoms. The zero-order chi connectivity index (χ0) is 15.8. The quantitative estimate of drug-likeness (QED) is 0.799. The maximum Gasteiger partial charge on any atom is 0.237 e. The van der Waals surface area contributed by atoms with Crippen LogP contribution in [0.5, 0.6) is 0 Å². The summed E-state index contributed by atoms with van der Waals surface area (Å²) in [6.45, 7) is 8.35. The third-order valence-corrected chi connectivity index (χ3v) is 5.22. The van der Waals surface area contributed by atoms with Crippen LogP contribution < -0.4 is 5.32 Å². The number of likely N-dealkylation sites (tertiary alicyclic amines) is 1. The first-order valence-electron chi connectivity index (χ1n) is 8.32. The average molecular weight is 324 g/mol. The first-order valence-corrected chi connectivity index (χ1v) is 9.20. The minimum absolute atomic E-state index is 0.0484. The number of nitrogens with one attached hydrogen (secondary N) is 1. The lowest BCUT2D eigenvalue weighted by Gasteiger charge is -2.36. The van der Waals surface area contributed by atoms with Crippen LogP contribution in [0.4, 0.5) is 0 Å². The first kappa shape index (κ1) is 17.4. The average Bonchev–Trinajstić information content (AvgIpc) is 3.05. The van der Waals surface area contributed by atoms with Gasteiger partial charge in [0.1, 0.15) is 0 Å². The summed E-state index contributed by atoms with van der Waals surface area (Å²) in [7, 11) is 0. The number of hydrogen-bond donors (Lipinski definition) is 1. The molecule has 0 aromatic carbocycles. The zero-order valence-electron chi connectivity index (χ0n) is 13.7. The molecule has 1 saturated heterocycles. The molecule has 2 unspecified atom stereocenters. The van der Waals surface area contributed by atoms with Gasteiger partial charge in [-0.2, -0.15) is 0 Å². The number of thiophene rings is 1. The monoisotopic (exact) mass is 324 g/mol. The van der Waals surface area contributed by atoms with Gasteiger partial charge in [-0.1, -0.05) is 6.07 Å². The predicted octanol–water partition coefficient (Wildman–Crippen LogP) is 2.54. The van der Waals surface area contributed by atoms with E-state index in [0.717, 1.165) is 45.7 Å². The number of rotatable bonds is 8. The van der Waals surface area contributed by atoms with Gasteiger partial charge in [0, 0.05) is 24.6 Å². The largest absolute Gasteiger partial charge is 0.381 e. The van der Waals surface area contributed by atoms with Gasteiger partial charge in [-0.15, -0.1) is 11.3 Å². The van der Waals surface area contributed by atoms with E-state index in [1.54, 1.807) is 11.3 Å². The first-order chi connectivity index (χ1) is 10.7. The molecule has 4 nitrogen and oxygen atoms in total. The molecular formula is C17H28N2O2S. The molecule has 2 heterocycles. The van der Waals surface area contributed by atoms with Crippen molar-refractivity contribution in [2.45, 2.75) is 39.2 Å². The summed E-state index contributed by atoms with van der Waals surface area (Å²) in [5, 5.41) is 5.15. The molecule has 1 aromatic rings. The Hall–Kier alpha value is -0.910. The van der Waals surface area contributed by atoms with E-state index < -0.39 is 0 Å². The fraction of sp³-hybridized carbons (Fsp3) is 0.706. The van der Waals surface area contributed by atoms with Crippen molar-refractivity contribution in [3.05, 3.63) is 22.4 Å². The lowest BCUT2D eigenvalue weighted by Crippen LogP contribution is -2.49. The molecule has 1 aliphatic rings. The van der Waals surface area contributed by atoms with Crippen molar-refractivity contribution in [3.8, 4) is 0 Å². The van der Waals surface area contributed by atoms with Crippen LogP contribution in [0.1, 0.15) is 31.6 Å². The minimum atomic E-state index is -0.0484. The summed E-state index contributed by atoms with van der Waals surface area (Å²) in [6, 6.07) is 4.12. The fourth-order valence-corrected chi connectivity index (χ4v) is 3.66. The molecular weight excluding hydrogens is 296 g/mol. The van der Waals surface area contributed by atoms with Gasteiger partial charge in [0.25, 0.3) is 0 Å². The number of hydrogen-bond acceptors (Lipinski definition) is 4. The van der Waals surface area contributed by atoms with Crippen LogP contribution >= 0.6 is 11.3 Å². The molecule has 1 fully saturated rings. The summed E-state index contributed by atoms with van der Waals surface area (Å²) < 4.78 is 5.54. The minimum Gasteiger partial charge on any atom is -0.381 e. The highest BCUT2D eigenvalue weighted by Crippen LogP contribution is 2.19. The van der Waals surface area contributed by atoms with Gasteiger partial charge in [0.15, 0.2) is 0 Å². The zero-order valence-corrected chi connectivity index (χ0v) is 14.5. The summed E-state index contributed by atoms with van der Waals surface area (Å²) in [5.74, 6) is 0.712. The van der Waals surface area contributed by atoms with Crippen molar-refractivity contribution in [1.29, 1.82) is 0 Å². The van der Waals surface area contributed by atoms with Gasteiger partial charge in [-0.05, 0) is 57.0 Å². The van der Waals surface area contributed by atoms with Crippen molar-refractivity contribution >= 4 is 17.2 Å². The van der Waals surface area contributed by atoms with E-state index in [9.17, 15) is 4.79 Å². The summed E-state index contributed by atoms with van der Waals surface area (Å²) in [5.41, 5.74) is 0. The van der Waals surface area contributed by atoms with E-state index in [1.165, 1.54) is 11.3 Å². The molecule has 0 aliphatic carbocycles. The Morgan fingerprint density at radius 2 is 2.45 bits per heavy atom. The molecule has 5 heteroatoms. The third kappa shape index (κ3) is 5.38. The number of ether oxygens (including phenoxy) is 1. The fourth-order valence-electron chi connectivity index (χ4n) is 2.95. The molecule has 124 valence electrons. The lowest BCUT2D eigenvalue weighted by atomic mass is 9.97. The lowest BCUT2D eigenvalue weighted by molar-refractivity contribution is -0.126. The van der Waals surface area contributed by atoms with Crippen molar-refractivity contribution in [1.82, 2.24) is 10.2 Å². The Morgan fingerprint density at radius 1 is 1.59 bits per heavy atom. The maximum absolute atomic E-state index is 12.3. The highest BCUT2D eigenvalue weighted by atomic mass is 32.1. The number of nitrogens with zero attached hydrogens (tertiary/aromatic N) is 1. The molecule has 0 saturated carbocycles. The Labute approximate surface area is 137 Å². The molecule has 2 rings (SSSR count). The van der Waals surface area contributed by atoms with Gasteiger partial charge in [-0.25, -0.2) is 0 Å². The van der Waals surface area contributed by atoms with Crippen molar-refractivity contribution in [2.24, 2.45) is 5.92 Å². The van der Waals surface area contributed by atoms with Crippen LogP contribution in [0, 0.1) is 5.92 Å². The SMILES string of the molecule is CCOCC1CCCN(C(C)C(=O)NCCc2cccs2)C1. The number of amides is 1. The van der Waals surface area contributed by atoms with Crippen molar-refractivity contribution < 1.29 is 9.53 Å². The Balaban J connectivity index is 1.72. The Morgan fingerprint density at radius 3 is 3.18 bits per heavy atom. The maximum atomic E-state index is 12.3. The molecule has 1 amide bonds. The van der Waals surface area contributed by atoms with Crippen LogP contribution in [0.15, 0.2) is 17.5 Å². The van der Waals surface area contributed by atoms with Gasteiger partial charge >= 0.3 is 0 Å². The van der Waals surface area contributed by atoms with Crippen LogP contribution in [0.3, 0.4) is 0 Å². The Bertz CT molecular complexity index is 436. The standard InChI is InChI=1S/C17H28N2O2S/c1-3-21-13-15-6-4-10-19(12-15)14(2)17(20)18-9-8-16-7-5-11-22-16/h5,7,11,14-15H,3-4,6,8-10,12-13H2,1-2H3,(H,18,20). The smallest absolute Gasteiger partial charge is 0.237 e. The van der Waals surface area contributed by atoms with Gasteiger partial charge in [0.2, 0.25) is 5.91 Å². The van der Waals surface area contributed by atoms with E-state index in [4.69, 9.17) is 4.74 Å². The van der Waals surface area contributed by atoms with Crippen LogP contribution in [0.25, 0.3) is 0 Å². The number of carbonyl (C=O) groups is 1. The highest BCUT2D eigenvalue weighted by Gasteiger charge is 2.27. The second-order valence-corrected chi connectivity index (χ2v) is 6.99. The third-order valence-electron chi connectivity index (χ3n) is 4.29. The Kier molecular flexibility index (Phi) is 7.36. The van der Waals surface area contributed by atoms with Crippen molar-refractivity contribution in [3.63, 3.8) is 0 Å². The molecule has 0 bridgehead atoms. The molecule has 1 aliphatic heterocycles. The number of carbonyl (C=O) groups excluding carboxylic acids is 1. The van der Waals surface area contributed by atoms with Crippen LogP contribution in [0.2, 0.25) is 0 Å². The van der Waals surface area contributed by atoms with Crippen LogP contribution in [-0.2, 0) is 16.0 Å². The molecule has 22 heavy (non-hydrogen) atoms. The second kappa shape index (κ2) is 9.28. The van der Waals surface area contributed by atoms with Crippen molar-refractivity contribution in [2.75, 3.05) is 32.8 Å². The van der Waals surface area contributed by atoms with Gasteiger partial charge in [0.05, 0.1) is 12.6 Å². The molecule has 1 aromatic heterocycles. The normalized spacial score (nSPS) is 20.7. The van der Waals surface area contributed by atoms with E-state index >= 15 is 0 Å². The predicted molar refractivity (Wildman–Crippen MR) is 91.3 cm³/mol. The van der Waals surface area contributed by atoms with E-state index in [0.29, 0.717) is 5.92 Å². The topological polar surface area (TPSA) is 41.6 Å². The molecule has 2 atom stereocenters. The highest BCUT2D eigenvalue weighted by molar-refractivity contribution is 7.09. The molecule has 0 radical (unpaired) electrons. The summed E-state index contributed by atoms with van der Waals surface area (Å²) >= 11 is 1.74. The second-order valence-electron chi connectivity index (χ2n) is 5.96. The summed E-state index contributed by atoms with van der Waals surface area (Å²) in [4.78, 5) is 15.9. The summed E-state index contributed by atoms with van der Waals surface area (Å²) in [6.07, 6.45) is 3.29. The van der Waals surface area contributed by atoms with E-state index in [1.807, 2.05) is 13.8 Å². The molecule has 1 N–H and O–H groups in total.